The van der Waals surface area contributed by atoms with Gasteiger partial charge in [-0.2, -0.15) is 18.3 Å². The third-order valence-electron chi connectivity index (χ3n) is 3.87. The van der Waals surface area contributed by atoms with Crippen LogP contribution in [-0.2, 0) is 6.18 Å². The molecule has 0 unspecified atom stereocenters. The monoisotopic (exact) mass is 451 g/mol. The van der Waals surface area contributed by atoms with E-state index in [0.717, 1.165) is 27.5 Å². The lowest BCUT2D eigenvalue weighted by Crippen LogP contribution is -2.06. The second kappa shape index (κ2) is 9.19. The Bertz CT molecular complexity index is 1090. The van der Waals surface area contributed by atoms with Crippen LogP contribution < -0.4 is 5.43 Å². The van der Waals surface area contributed by atoms with Gasteiger partial charge in [-0.1, -0.05) is 41.6 Å². The Morgan fingerprint density at radius 3 is 2.43 bits per heavy atom. The molecule has 154 valence electrons. The van der Waals surface area contributed by atoms with Crippen LogP contribution in [0, 0.1) is 10.1 Å². The number of alkyl halides is 3. The fourth-order valence-electron chi connectivity index (χ4n) is 2.43. The van der Waals surface area contributed by atoms with Crippen LogP contribution in [0.4, 0.5) is 24.5 Å². The molecule has 3 aromatic carbocycles. The van der Waals surface area contributed by atoms with Crippen molar-refractivity contribution >= 4 is 41.0 Å². The Labute approximate surface area is 178 Å². The van der Waals surface area contributed by atoms with Crippen LogP contribution in [0.1, 0.15) is 11.1 Å². The lowest BCUT2D eigenvalue weighted by atomic mass is 10.1. The molecule has 0 aliphatic heterocycles. The highest BCUT2D eigenvalue weighted by Gasteiger charge is 2.33. The Balaban J connectivity index is 1.80. The Morgan fingerprint density at radius 1 is 1.07 bits per heavy atom. The number of hydrazone groups is 1. The second-order valence-corrected chi connectivity index (χ2v) is 7.50. The van der Waals surface area contributed by atoms with Gasteiger partial charge in [0, 0.05) is 26.4 Å². The van der Waals surface area contributed by atoms with Crippen molar-refractivity contribution in [3.8, 4) is 0 Å². The molecule has 0 atom stereocenters. The number of hydrogen-bond donors (Lipinski definition) is 1. The van der Waals surface area contributed by atoms with Crippen molar-refractivity contribution in [2.24, 2.45) is 5.10 Å². The van der Waals surface area contributed by atoms with E-state index in [1.807, 2.05) is 24.3 Å². The van der Waals surface area contributed by atoms with Gasteiger partial charge in [0.15, 0.2) is 0 Å². The summed E-state index contributed by atoms with van der Waals surface area (Å²) in [6.45, 7) is 0. The minimum atomic E-state index is -4.68. The average molecular weight is 452 g/mol. The number of nitro benzene ring substituents is 1. The molecule has 0 aliphatic rings. The minimum absolute atomic E-state index is 0.146. The number of anilines is 1. The quantitative estimate of drug-likeness (QED) is 0.252. The lowest BCUT2D eigenvalue weighted by molar-refractivity contribution is -0.384. The van der Waals surface area contributed by atoms with Gasteiger partial charge in [-0.3, -0.25) is 15.5 Å². The zero-order chi connectivity index (χ0) is 21.7. The van der Waals surface area contributed by atoms with Crippen LogP contribution in [0.3, 0.4) is 0 Å². The molecule has 0 aromatic heterocycles. The molecule has 0 aliphatic carbocycles. The normalized spacial score (nSPS) is 11.6. The Morgan fingerprint density at radius 2 is 1.77 bits per heavy atom. The summed E-state index contributed by atoms with van der Waals surface area (Å²) in [6, 6.07) is 16.8. The number of nitro groups is 1. The number of nitrogens with zero attached hydrogens (tertiary/aromatic N) is 2. The molecular weight excluding hydrogens is 439 g/mol. The lowest BCUT2D eigenvalue weighted by Gasteiger charge is -2.08. The largest absolute Gasteiger partial charge is 0.416 e. The smallest absolute Gasteiger partial charge is 0.272 e. The van der Waals surface area contributed by atoms with Gasteiger partial charge in [0.2, 0.25) is 0 Å². The van der Waals surface area contributed by atoms with E-state index < -0.39 is 22.4 Å². The molecule has 30 heavy (non-hydrogen) atoms. The molecule has 0 amide bonds. The first kappa shape index (κ1) is 21.7. The number of hydrogen-bond acceptors (Lipinski definition) is 5. The van der Waals surface area contributed by atoms with Crippen molar-refractivity contribution in [3.63, 3.8) is 0 Å². The van der Waals surface area contributed by atoms with Gasteiger partial charge < -0.3 is 0 Å². The second-order valence-electron chi connectivity index (χ2n) is 5.95. The molecule has 0 fully saturated rings. The molecule has 0 radical (unpaired) electrons. The van der Waals surface area contributed by atoms with E-state index in [1.54, 1.807) is 24.3 Å². The van der Waals surface area contributed by atoms with E-state index in [0.29, 0.717) is 11.1 Å². The third kappa shape index (κ3) is 5.52. The van der Waals surface area contributed by atoms with Crippen LogP contribution in [0.25, 0.3) is 0 Å². The number of benzene rings is 3. The van der Waals surface area contributed by atoms with Crippen LogP contribution in [0.2, 0.25) is 5.02 Å². The van der Waals surface area contributed by atoms with E-state index in [9.17, 15) is 23.3 Å². The van der Waals surface area contributed by atoms with E-state index in [4.69, 9.17) is 11.6 Å². The summed E-state index contributed by atoms with van der Waals surface area (Å²) in [5.74, 6) is 0. The predicted molar refractivity (Wildman–Crippen MR) is 111 cm³/mol. The maximum Gasteiger partial charge on any atom is 0.416 e. The summed E-state index contributed by atoms with van der Waals surface area (Å²) in [5, 5.41) is 15.7. The molecule has 0 spiro atoms. The molecule has 3 rings (SSSR count). The van der Waals surface area contributed by atoms with Crippen molar-refractivity contribution in [3.05, 3.63) is 93.0 Å². The summed E-state index contributed by atoms with van der Waals surface area (Å²) in [6.07, 6.45) is -3.23. The zero-order valence-corrected chi connectivity index (χ0v) is 16.6. The van der Waals surface area contributed by atoms with Crippen LogP contribution in [0.15, 0.2) is 81.6 Å². The minimum Gasteiger partial charge on any atom is -0.272 e. The van der Waals surface area contributed by atoms with Gasteiger partial charge in [-0.25, -0.2) is 0 Å². The average Bonchev–Trinajstić information content (AvgIpc) is 2.70. The van der Waals surface area contributed by atoms with Crippen molar-refractivity contribution in [1.82, 2.24) is 0 Å². The van der Waals surface area contributed by atoms with Crippen molar-refractivity contribution in [1.29, 1.82) is 0 Å². The van der Waals surface area contributed by atoms with Gasteiger partial charge in [0.05, 0.1) is 16.7 Å². The van der Waals surface area contributed by atoms with Crippen molar-refractivity contribution < 1.29 is 18.1 Å². The molecule has 0 heterocycles. The molecule has 10 heteroatoms. The van der Waals surface area contributed by atoms with Gasteiger partial charge in [-0.15, -0.1) is 0 Å². The molecule has 0 bridgehead atoms. The first-order valence-corrected chi connectivity index (χ1v) is 9.60. The number of halogens is 4. The van der Waals surface area contributed by atoms with Crippen molar-refractivity contribution in [2.45, 2.75) is 16.0 Å². The molecular formula is C20H13ClF3N3O2S. The molecule has 1 N–H and O–H groups in total. The van der Waals surface area contributed by atoms with Gasteiger partial charge in [0.1, 0.15) is 5.69 Å². The molecule has 5 nitrogen and oxygen atoms in total. The summed E-state index contributed by atoms with van der Waals surface area (Å²) in [4.78, 5) is 12.1. The topological polar surface area (TPSA) is 67.5 Å². The Hall–Kier alpha value is -3.04. The van der Waals surface area contributed by atoms with E-state index in [2.05, 4.69) is 10.5 Å². The van der Waals surface area contributed by atoms with Crippen LogP contribution >= 0.6 is 23.4 Å². The first-order chi connectivity index (χ1) is 14.2. The summed E-state index contributed by atoms with van der Waals surface area (Å²) < 4.78 is 38.4. The standard InChI is InChI=1S/C20H13ClF3N3O2S/c21-15-6-8-16(9-7-15)30-19-4-2-1-3-13(19)12-25-26-17-10-5-14(20(22,23)24)11-18(17)27(28)29/h1-12,26H/b25-12+. The fourth-order valence-corrected chi connectivity index (χ4v) is 3.47. The van der Waals surface area contributed by atoms with E-state index >= 15 is 0 Å². The van der Waals surface area contributed by atoms with Gasteiger partial charge in [-0.05, 0) is 42.5 Å². The van der Waals surface area contributed by atoms with Crippen LogP contribution in [-0.4, -0.2) is 11.1 Å². The zero-order valence-electron chi connectivity index (χ0n) is 15.1. The number of nitrogens with one attached hydrogen (secondary N) is 1. The Kier molecular flexibility index (Phi) is 6.63. The summed E-state index contributed by atoms with van der Waals surface area (Å²) in [7, 11) is 0. The maximum absolute atomic E-state index is 12.8. The highest BCUT2D eigenvalue weighted by molar-refractivity contribution is 7.99. The highest BCUT2D eigenvalue weighted by Crippen LogP contribution is 2.35. The van der Waals surface area contributed by atoms with Crippen molar-refractivity contribution in [2.75, 3.05) is 5.43 Å². The highest BCUT2D eigenvalue weighted by atomic mass is 35.5. The fraction of sp³-hybridized carbons (Fsp3) is 0.0500. The van der Waals surface area contributed by atoms with Crippen LogP contribution in [0.5, 0.6) is 0 Å². The summed E-state index contributed by atoms with van der Waals surface area (Å²) >= 11 is 7.36. The molecule has 0 saturated heterocycles. The number of rotatable bonds is 6. The van der Waals surface area contributed by atoms with E-state index in [-0.39, 0.29) is 5.69 Å². The SMILES string of the molecule is O=[N+]([O-])c1cc(C(F)(F)F)ccc1N/N=C/c1ccccc1Sc1ccc(Cl)cc1. The molecule has 3 aromatic rings. The first-order valence-electron chi connectivity index (χ1n) is 8.41. The van der Waals surface area contributed by atoms with Gasteiger partial charge in [0.25, 0.3) is 5.69 Å². The third-order valence-corrected chi connectivity index (χ3v) is 5.22. The predicted octanol–water partition coefficient (Wildman–Crippen LogP) is 6.86. The maximum atomic E-state index is 12.8. The van der Waals surface area contributed by atoms with Gasteiger partial charge >= 0.3 is 6.18 Å². The molecule has 0 saturated carbocycles. The van der Waals surface area contributed by atoms with E-state index in [1.165, 1.54) is 18.0 Å². The summed E-state index contributed by atoms with van der Waals surface area (Å²) in [5.41, 5.74) is 1.21.